The van der Waals surface area contributed by atoms with Crippen molar-refractivity contribution in [2.45, 2.75) is 25.3 Å². The highest BCUT2D eigenvalue weighted by molar-refractivity contribution is 7.17. The summed E-state index contributed by atoms with van der Waals surface area (Å²) in [5, 5.41) is 3.32. The van der Waals surface area contributed by atoms with E-state index in [4.69, 9.17) is 9.97 Å². The number of carbonyl (C=O) groups excluding carboxylic acids is 2. The molecule has 11 nitrogen and oxygen atoms in total. The number of likely N-dealkylation sites (N-methyl/N-ethyl adjacent to an activating group) is 1. The number of anilines is 3. The van der Waals surface area contributed by atoms with Gasteiger partial charge in [0.25, 0.3) is 0 Å². The molecule has 8 rings (SSSR count). The van der Waals surface area contributed by atoms with Gasteiger partial charge in [-0.3, -0.25) is 9.59 Å². The summed E-state index contributed by atoms with van der Waals surface area (Å²) in [5.41, 5.74) is 10.0. The second-order valence-corrected chi connectivity index (χ2v) is 15.2. The predicted molar refractivity (Wildman–Crippen MR) is 224 cm³/mol. The van der Waals surface area contributed by atoms with Crippen LogP contribution in [-0.2, 0) is 28.9 Å². The van der Waals surface area contributed by atoms with E-state index in [1.54, 1.807) is 76.6 Å². The summed E-state index contributed by atoms with van der Waals surface area (Å²) in [5.74, 6) is 0.175. The number of hydrogen-bond donors (Lipinski definition) is 1. The molecule has 13 heteroatoms. The summed E-state index contributed by atoms with van der Waals surface area (Å²) >= 11 is 3.13. The van der Waals surface area contributed by atoms with Gasteiger partial charge in [-0.2, -0.15) is 0 Å². The summed E-state index contributed by atoms with van der Waals surface area (Å²) < 4.78 is 2.13. The first-order valence-electron chi connectivity index (χ1n) is 18.1. The standard InChI is InChI=1S/C43H37N9O2S2/c1-51(31-13-15-38-35(24-31)46-26-55-38)41(53)30(21-28-9-5-3-6-10-28)23-40-44-19-17-33(48-40)34-18-20-45-43(49-34)50-37(22-29-11-7-4-8-12-29)42(54)52(2)32-14-16-39-36(25-32)47-27-56-39/h3-20,24-27,30,37H,21-23H2,1-2H3,(H,45,49,50)/t30-,37+/m1/s1. The minimum Gasteiger partial charge on any atom is -0.342 e. The number of nitrogens with one attached hydrogen (secondary N) is 1. The molecule has 2 atom stereocenters. The van der Waals surface area contributed by atoms with Crippen molar-refractivity contribution in [3.8, 4) is 11.4 Å². The van der Waals surface area contributed by atoms with Gasteiger partial charge in [-0.1, -0.05) is 60.7 Å². The lowest BCUT2D eigenvalue weighted by atomic mass is 9.94. The molecule has 0 radical (unpaired) electrons. The molecule has 0 spiro atoms. The van der Waals surface area contributed by atoms with Gasteiger partial charge in [-0.25, -0.2) is 29.9 Å². The van der Waals surface area contributed by atoms with Crippen molar-refractivity contribution in [1.29, 1.82) is 0 Å². The Morgan fingerprint density at radius 3 is 1.79 bits per heavy atom. The molecule has 0 aliphatic heterocycles. The minimum absolute atomic E-state index is 0.0449. The van der Waals surface area contributed by atoms with Crippen LogP contribution in [0.5, 0.6) is 0 Å². The van der Waals surface area contributed by atoms with Gasteiger partial charge >= 0.3 is 0 Å². The van der Waals surface area contributed by atoms with Crippen LogP contribution in [0.4, 0.5) is 17.3 Å². The van der Waals surface area contributed by atoms with Crippen LogP contribution in [0, 0.1) is 5.92 Å². The lowest BCUT2D eigenvalue weighted by Gasteiger charge is -2.25. The Bertz CT molecular complexity index is 2430. The number of thiazole rings is 2. The van der Waals surface area contributed by atoms with Crippen molar-refractivity contribution in [2.24, 2.45) is 5.92 Å². The highest BCUT2D eigenvalue weighted by Crippen LogP contribution is 2.27. The second kappa shape index (κ2) is 16.5. The fraction of sp³-hybridized carbons (Fsp3) is 0.163. The predicted octanol–water partition coefficient (Wildman–Crippen LogP) is 7.90. The lowest BCUT2D eigenvalue weighted by molar-refractivity contribution is -0.122. The summed E-state index contributed by atoms with van der Waals surface area (Å²) in [6.45, 7) is 0. The molecular weight excluding hydrogens is 739 g/mol. The Balaban J connectivity index is 1.04. The Kier molecular flexibility index (Phi) is 10.8. The number of benzene rings is 4. The largest absolute Gasteiger partial charge is 0.342 e. The summed E-state index contributed by atoms with van der Waals surface area (Å²) in [4.78, 5) is 59.3. The zero-order chi connectivity index (χ0) is 38.4. The van der Waals surface area contributed by atoms with Gasteiger partial charge in [0.2, 0.25) is 17.8 Å². The zero-order valence-corrected chi connectivity index (χ0v) is 32.3. The van der Waals surface area contributed by atoms with Gasteiger partial charge in [-0.05, 0) is 66.1 Å². The second-order valence-electron chi connectivity index (χ2n) is 13.4. The van der Waals surface area contributed by atoms with Gasteiger partial charge in [-0.15, -0.1) is 22.7 Å². The van der Waals surface area contributed by atoms with E-state index in [0.29, 0.717) is 36.5 Å². The molecule has 278 valence electrons. The van der Waals surface area contributed by atoms with E-state index in [1.165, 1.54) is 0 Å². The van der Waals surface area contributed by atoms with Crippen molar-refractivity contribution >= 4 is 72.2 Å². The Morgan fingerprint density at radius 2 is 1.16 bits per heavy atom. The molecule has 0 bridgehead atoms. The van der Waals surface area contributed by atoms with Gasteiger partial charge < -0.3 is 15.1 Å². The third-order valence-electron chi connectivity index (χ3n) is 9.67. The number of nitrogens with zero attached hydrogens (tertiary/aromatic N) is 8. The van der Waals surface area contributed by atoms with Crippen molar-refractivity contribution in [2.75, 3.05) is 29.2 Å². The molecule has 0 unspecified atom stereocenters. The van der Waals surface area contributed by atoms with Crippen molar-refractivity contribution < 1.29 is 9.59 Å². The first-order chi connectivity index (χ1) is 27.4. The Labute approximate surface area is 331 Å². The molecule has 0 aliphatic carbocycles. The lowest BCUT2D eigenvalue weighted by Crippen LogP contribution is -2.42. The molecule has 0 saturated heterocycles. The topological polar surface area (TPSA) is 130 Å². The van der Waals surface area contributed by atoms with Crippen LogP contribution in [0.15, 0.2) is 133 Å². The normalized spacial score (nSPS) is 12.3. The smallest absolute Gasteiger partial charge is 0.249 e. The Hall–Kier alpha value is -6.44. The van der Waals surface area contributed by atoms with E-state index in [9.17, 15) is 9.59 Å². The number of amides is 2. The molecule has 0 fully saturated rings. The maximum Gasteiger partial charge on any atom is 0.249 e. The fourth-order valence-electron chi connectivity index (χ4n) is 6.65. The van der Waals surface area contributed by atoms with Crippen LogP contribution < -0.4 is 15.1 Å². The quantitative estimate of drug-likeness (QED) is 0.124. The maximum atomic E-state index is 14.2. The molecular formula is C43H37N9O2S2. The third kappa shape index (κ3) is 8.28. The van der Waals surface area contributed by atoms with Gasteiger partial charge in [0.05, 0.1) is 42.8 Å². The first-order valence-corrected chi connectivity index (χ1v) is 19.9. The number of rotatable bonds is 13. The van der Waals surface area contributed by atoms with E-state index in [-0.39, 0.29) is 17.8 Å². The van der Waals surface area contributed by atoms with Crippen molar-refractivity contribution in [1.82, 2.24) is 29.9 Å². The van der Waals surface area contributed by atoms with Gasteiger partial charge in [0, 0.05) is 56.6 Å². The monoisotopic (exact) mass is 775 g/mol. The molecule has 0 saturated carbocycles. The maximum absolute atomic E-state index is 14.2. The fourth-order valence-corrected chi connectivity index (χ4v) is 7.97. The van der Waals surface area contributed by atoms with Crippen LogP contribution in [0.3, 0.4) is 0 Å². The van der Waals surface area contributed by atoms with Crippen LogP contribution in [0.25, 0.3) is 31.8 Å². The average molecular weight is 776 g/mol. The van der Waals surface area contributed by atoms with Gasteiger partial charge in [0.15, 0.2) is 0 Å². The van der Waals surface area contributed by atoms with Crippen LogP contribution in [-0.4, -0.2) is 61.9 Å². The summed E-state index contributed by atoms with van der Waals surface area (Å²) in [7, 11) is 3.57. The summed E-state index contributed by atoms with van der Waals surface area (Å²) in [6.07, 6.45) is 4.57. The van der Waals surface area contributed by atoms with Crippen LogP contribution in [0.1, 0.15) is 17.0 Å². The molecule has 4 aromatic heterocycles. The zero-order valence-electron chi connectivity index (χ0n) is 30.7. The molecule has 1 N–H and O–H groups in total. The minimum atomic E-state index is -0.678. The van der Waals surface area contributed by atoms with Gasteiger partial charge in [0.1, 0.15) is 11.9 Å². The van der Waals surface area contributed by atoms with Crippen LogP contribution in [0.2, 0.25) is 0 Å². The summed E-state index contributed by atoms with van der Waals surface area (Å²) in [6, 6.07) is 34.4. The van der Waals surface area contributed by atoms with E-state index in [1.807, 2.05) is 103 Å². The number of hydrogen-bond acceptors (Lipinski definition) is 11. The van der Waals surface area contributed by atoms with E-state index in [0.717, 1.165) is 42.9 Å². The van der Waals surface area contributed by atoms with Crippen molar-refractivity contribution in [3.05, 3.63) is 150 Å². The van der Waals surface area contributed by atoms with Crippen LogP contribution >= 0.6 is 22.7 Å². The molecule has 4 aromatic carbocycles. The van der Waals surface area contributed by atoms with E-state index in [2.05, 4.69) is 25.3 Å². The third-order valence-corrected chi connectivity index (χ3v) is 11.3. The molecule has 56 heavy (non-hydrogen) atoms. The molecule has 8 aromatic rings. The molecule has 0 aliphatic rings. The number of aromatic nitrogens is 6. The highest BCUT2D eigenvalue weighted by atomic mass is 32.1. The molecule has 4 heterocycles. The first kappa shape index (κ1) is 36.5. The Morgan fingerprint density at radius 1 is 0.607 bits per heavy atom. The SMILES string of the molecule is CN(C(=O)[C@H](Cc1ccccc1)Cc1nccc(-c2ccnc(N[C@@H](Cc3ccccc3)C(=O)N(C)c3ccc4scnc4c3)n2)n1)c1ccc2scnc2c1. The average Bonchev–Trinajstić information content (AvgIpc) is 3.92. The van der Waals surface area contributed by atoms with E-state index < -0.39 is 12.0 Å². The van der Waals surface area contributed by atoms with Crippen molar-refractivity contribution in [3.63, 3.8) is 0 Å². The number of fused-ring (bicyclic) bond motifs is 2. The van der Waals surface area contributed by atoms with E-state index >= 15 is 0 Å². The molecule has 2 amide bonds. The number of carbonyl (C=O) groups is 2. The highest BCUT2D eigenvalue weighted by Gasteiger charge is 2.27.